The Balaban J connectivity index is 2.53. The normalized spacial score (nSPS) is 13.6. The van der Waals surface area contributed by atoms with Crippen LogP contribution in [0.3, 0.4) is 0 Å². The third kappa shape index (κ3) is 7.32. The van der Waals surface area contributed by atoms with Crippen molar-refractivity contribution in [1.29, 1.82) is 0 Å². The van der Waals surface area contributed by atoms with Gasteiger partial charge in [0, 0.05) is 12.5 Å². The molecular weight excluding hydrogens is 266 g/mol. The predicted molar refractivity (Wildman–Crippen MR) is 73.4 cm³/mol. The second kappa shape index (κ2) is 7.65. The number of hydrogen-bond acceptors (Lipinski definition) is 5. The van der Waals surface area contributed by atoms with Gasteiger partial charge < -0.3 is 4.52 Å². The van der Waals surface area contributed by atoms with Gasteiger partial charge in [-0.2, -0.15) is 8.42 Å². The van der Waals surface area contributed by atoms with Gasteiger partial charge in [-0.15, -0.1) is 0 Å². The van der Waals surface area contributed by atoms with Crippen LogP contribution < -0.4 is 0 Å². The Morgan fingerprint density at radius 3 is 2.63 bits per heavy atom. The van der Waals surface area contributed by atoms with Gasteiger partial charge in [0.1, 0.15) is 5.76 Å². The first-order valence-corrected chi connectivity index (χ1v) is 8.53. The largest absolute Gasteiger partial charge is 0.361 e. The maximum absolute atomic E-state index is 11.3. The molecule has 0 aliphatic carbocycles. The predicted octanol–water partition coefficient (Wildman–Crippen LogP) is 2.84. The van der Waals surface area contributed by atoms with Crippen LogP contribution in [-0.2, 0) is 20.7 Å². The number of rotatable bonds is 9. The zero-order valence-electron chi connectivity index (χ0n) is 11.9. The standard InChI is InChI=1S/C13H23NO4S/c1-4-5-6-7-8-12(18-19(3,15)16)10-13-9-11(2)14-17-13/h9,12H,4-8,10H2,1-3H3. The van der Waals surface area contributed by atoms with E-state index in [1.54, 1.807) is 0 Å². The van der Waals surface area contributed by atoms with Gasteiger partial charge in [0.25, 0.3) is 10.1 Å². The van der Waals surface area contributed by atoms with Gasteiger partial charge in [0.2, 0.25) is 0 Å². The molecule has 0 fully saturated rings. The molecule has 1 aromatic heterocycles. The molecule has 0 aliphatic rings. The lowest BCUT2D eigenvalue weighted by molar-refractivity contribution is 0.184. The highest BCUT2D eigenvalue weighted by Crippen LogP contribution is 2.16. The summed E-state index contributed by atoms with van der Waals surface area (Å²) in [6.07, 6.45) is 6.24. The smallest absolute Gasteiger partial charge is 0.264 e. The third-order valence-corrected chi connectivity index (χ3v) is 3.42. The number of nitrogens with zero attached hydrogens (tertiary/aromatic N) is 1. The van der Waals surface area contributed by atoms with Crippen molar-refractivity contribution >= 4 is 10.1 Å². The second-order valence-electron chi connectivity index (χ2n) is 4.91. The van der Waals surface area contributed by atoms with Crippen LogP contribution in [0.5, 0.6) is 0 Å². The lowest BCUT2D eigenvalue weighted by Gasteiger charge is -2.14. The Kier molecular flexibility index (Phi) is 6.51. The molecule has 1 aromatic rings. The quantitative estimate of drug-likeness (QED) is 0.516. The van der Waals surface area contributed by atoms with Crippen LogP contribution in [-0.4, -0.2) is 25.9 Å². The number of unbranched alkanes of at least 4 members (excludes halogenated alkanes) is 3. The van der Waals surface area contributed by atoms with E-state index in [0.29, 0.717) is 18.6 Å². The van der Waals surface area contributed by atoms with Crippen LogP contribution in [0.1, 0.15) is 50.5 Å². The highest BCUT2D eigenvalue weighted by molar-refractivity contribution is 7.86. The van der Waals surface area contributed by atoms with E-state index in [0.717, 1.165) is 37.6 Å². The second-order valence-corrected chi connectivity index (χ2v) is 6.51. The van der Waals surface area contributed by atoms with Crippen LogP contribution in [0.2, 0.25) is 0 Å². The first kappa shape index (κ1) is 16.2. The van der Waals surface area contributed by atoms with Crippen LogP contribution in [0.4, 0.5) is 0 Å². The van der Waals surface area contributed by atoms with Crippen molar-refractivity contribution in [3.8, 4) is 0 Å². The molecule has 0 aromatic carbocycles. The minimum atomic E-state index is -3.44. The van der Waals surface area contributed by atoms with Crippen molar-refractivity contribution in [2.75, 3.05) is 6.26 Å². The fourth-order valence-electron chi connectivity index (χ4n) is 1.97. The molecule has 0 saturated carbocycles. The first-order chi connectivity index (χ1) is 8.90. The van der Waals surface area contributed by atoms with E-state index in [9.17, 15) is 8.42 Å². The highest BCUT2D eigenvalue weighted by Gasteiger charge is 2.18. The maximum atomic E-state index is 11.3. The summed E-state index contributed by atoms with van der Waals surface area (Å²) in [4.78, 5) is 0. The van der Waals surface area contributed by atoms with Gasteiger partial charge in [0.15, 0.2) is 0 Å². The van der Waals surface area contributed by atoms with Crippen molar-refractivity contribution in [3.05, 3.63) is 17.5 Å². The molecule has 0 radical (unpaired) electrons. The topological polar surface area (TPSA) is 69.4 Å². The SMILES string of the molecule is CCCCCCC(Cc1cc(C)no1)OS(C)(=O)=O. The van der Waals surface area contributed by atoms with E-state index in [1.807, 2.05) is 13.0 Å². The Bertz CT molecular complexity index is 467. The lowest BCUT2D eigenvalue weighted by atomic mass is 10.1. The van der Waals surface area contributed by atoms with Gasteiger partial charge in [0.05, 0.1) is 18.1 Å². The van der Waals surface area contributed by atoms with Crippen molar-refractivity contribution < 1.29 is 17.1 Å². The molecule has 1 atom stereocenters. The molecule has 1 rings (SSSR count). The van der Waals surface area contributed by atoms with E-state index < -0.39 is 10.1 Å². The Hall–Kier alpha value is -0.880. The van der Waals surface area contributed by atoms with Crippen LogP contribution >= 0.6 is 0 Å². The van der Waals surface area contributed by atoms with Gasteiger partial charge >= 0.3 is 0 Å². The van der Waals surface area contributed by atoms with E-state index in [2.05, 4.69) is 12.1 Å². The zero-order valence-corrected chi connectivity index (χ0v) is 12.7. The van der Waals surface area contributed by atoms with Crippen LogP contribution in [0.25, 0.3) is 0 Å². The van der Waals surface area contributed by atoms with Gasteiger partial charge in [-0.1, -0.05) is 37.8 Å². The molecule has 1 heterocycles. The molecule has 110 valence electrons. The minimum Gasteiger partial charge on any atom is -0.361 e. The molecule has 0 N–H and O–H groups in total. The van der Waals surface area contributed by atoms with Crippen molar-refractivity contribution in [2.24, 2.45) is 0 Å². The number of aryl methyl sites for hydroxylation is 1. The summed E-state index contributed by atoms with van der Waals surface area (Å²) in [6, 6.07) is 1.81. The zero-order chi connectivity index (χ0) is 14.3. The molecule has 5 nitrogen and oxygen atoms in total. The number of hydrogen-bond donors (Lipinski definition) is 0. The molecule has 1 unspecified atom stereocenters. The summed E-state index contributed by atoms with van der Waals surface area (Å²) < 4.78 is 32.7. The summed E-state index contributed by atoms with van der Waals surface area (Å²) >= 11 is 0. The minimum absolute atomic E-state index is 0.362. The van der Waals surface area contributed by atoms with E-state index >= 15 is 0 Å². The van der Waals surface area contributed by atoms with Crippen LogP contribution in [0.15, 0.2) is 10.6 Å². The van der Waals surface area contributed by atoms with Crippen molar-refractivity contribution in [1.82, 2.24) is 5.16 Å². The van der Waals surface area contributed by atoms with Gasteiger partial charge in [-0.3, -0.25) is 4.18 Å². The monoisotopic (exact) mass is 289 g/mol. The maximum Gasteiger partial charge on any atom is 0.264 e. The highest BCUT2D eigenvalue weighted by atomic mass is 32.2. The van der Waals surface area contributed by atoms with Gasteiger partial charge in [-0.05, 0) is 13.3 Å². The van der Waals surface area contributed by atoms with Crippen molar-refractivity contribution in [3.63, 3.8) is 0 Å². The Morgan fingerprint density at radius 1 is 1.37 bits per heavy atom. The lowest BCUT2D eigenvalue weighted by Crippen LogP contribution is -2.20. The van der Waals surface area contributed by atoms with E-state index in [-0.39, 0.29) is 6.10 Å². The van der Waals surface area contributed by atoms with Crippen LogP contribution in [0, 0.1) is 6.92 Å². The summed E-state index contributed by atoms with van der Waals surface area (Å²) in [6.45, 7) is 3.97. The molecular formula is C13H23NO4S. The fraction of sp³-hybridized carbons (Fsp3) is 0.769. The van der Waals surface area contributed by atoms with E-state index in [1.165, 1.54) is 0 Å². The molecule has 0 bridgehead atoms. The summed E-state index contributed by atoms with van der Waals surface area (Å²) in [7, 11) is -3.44. The third-order valence-electron chi connectivity index (χ3n) is 2.80. The Labute approximate surface area is 115 Å². The summed E-state index contributed by atoms with van der Waals surface area (Å²) in [5, 5.41) is 3.80. The molecule has 19 heavy (non-hydrogen) atoms. The van der Waals surface area contributed by atoms with Crippen molar-refractivity contribution in [2.45, 2.75) is 58.5 Å². The number of aromatic nitrogens is 1. The van der Waals surface area contributed by atoms with Gasteiger partial charge in [-0.25, -0.2) is 0 Å². The molecule has 0 saturated heterocycles. The first-order valence-electron chi connectivity index (χ1n) is 6.71. The molecule has 0 spiro atoms. The average Bonchev–Trinajstić information content (AvgIpc) is 2.68. The fourth-order valence-corrected chi connectivity index (χ4v) is 2.63. The van der Waals surface area contributed by atoms with E-state index in [4.69, 9.17) is 8.71 Å². The molecule has 6 heteroatoms. The molecule has 0 aliphatic heterocycles. The molecule has 0 amide bonds. The Morgan fingerprint density at radius 2 is 2.11 bits per heavy atom. The summed E-state index contributed by atoms with van der Waals surface area (Å²) in [5.41, 5.74) is 0.791. The average molecular weight is 289 g/mol. The summed E-state index contributed by atoms with van der Waals surface area (Å²) in [5.74, 6) is 0.668.